The molecule has 0 saturated carbocycles. The van der Waals surface area contributed by atoms with Crippen molar-refractivity contribution in [3.8, 4) is 11.3 Å². The number of rotatable bonds is 2. The summed E-state index contributed by atoms with van der Waals surface area (Å²) >= 11 is 11.8. The van der Waals surface area contributed by atoms with Crippen LogP contribution in [0.25, 0.3) is 11.3 Å². The van der Waals surface area contributed by atoms with Crippen LogP contribution >= 0.6 is 23.2 Å². The summed E-state index contributed by atoms with van der Waals surface area (Å²) in [6, 6.07) is 1.74. The highest BCUT2D eigenvalue weighted by molar-refractivity contribution is 6.41. The first-order valence-corrected chi connectivity index (χ1v) is 7.87. The fraction of sp³-hybridized carbons (Fsp3) is 0.400. The summed E-state index contributed by atoms with van der Waals surface area (Å²) in [4.78, 5) is 15.2. The Morgan fingerprint density at radius 2 is 1.82 bits per heavy atom. The number of pyridine rings is 1. The molecule has 0 bridgehead atoms. The number of piperidine rings is 1. The van der Waals surface area contributed by atoms with E-state index in [9.17, 15) is 0 Å². The average Bonchev–Trinajstić information content (AvgIpc) is 2.50. The van der Waals surface area contributed by atoms with Gasteiger partial charge in [0.2, 0.25) is 0 Å². The van der Waals surface area contributed by atoms with Crippen molar-refractivity contribution in [2.24, 2.45) is 5.73 Å². The van der Waals surface area contributed by atoms with Crippen LogP contribution in [0.4, 0.5) is 5.82 Å². The van der Waals surface area contributed by atoms with Gasteiger partial charge < -0.3 is 10.6 Å². The molecule has 1 aliphatic heterocycles. The van der Waals surface area contributed by atoms with E-state index in [2.05, 4.69) is 26.8 Å². The first kappa shape index (κ1) is 15.5. The summed E-state index contributed by atoms with van der Waals surface area (Å²) in [7, 11) is 0. The summed E-state index contributed by atoms with van der Waals surface area (Å²) in [6.45, 7) is 3.89. The topological polar surface area (TPSA) is 67.9 Å². The Kier molecular flexibility index (Phi) is 4.21. The molecule has 0 amide bonds. The minimum absolute atomic E-state index is 0.0738. The van der Waals surface area contributed by atoms with Crippen LogP contribution in [0.5, 0.6) is 0 Å². The molecule has 116 valence electrons. The van der Waals surface area contributed by atoms with Crippen molar-refractivity contribution < 1.29 is 0 Å². The van der Waals surface area contributed by atoms with E-state index in [4.69, 9.17) is 28.9 Å². The molecule has 2 aromatic rings. The summed E-state index contributed by atoms with van der Waals surface area (Å²) in [5.74, 6) is 0.868. The zero-order chi connectivity index (χ0) is 15.7. The lowest BCUT2D eigenvalue weighted by Gasteiger charge is -2.37. The van der Waals surface area contributed by atoms with E-state index in [1.165, 1.54) is 0 Å². The van der Waals surface area contributed by atoms with E-state index in [1.807, 2.05) is 0 Å². The predicted molar refractivity (Wildman–Crippen MR) is 89.3 cm³/mol. The Bertz CT molecular complexity index is 662. The molecule has 0 aliphatic carbocycles. The van der Waals surface area contributed by atoms with E-state index in [0.717, 1.165) is 43.0 Å². The Hall–Kier alpha value is -1.43. The minimum Gasteiger partial charge on any atom is -0.355 e. The Balaban J connectivity index is 1.77. The van der Waals surface area contributed by atoms with E-state index >= 15 is 0 Å². The van der Waals surface area contributed by atoms with Gasteiger partial charge in [-0.2, -0.15) is 0 Å². The Labute approximate surface area is 139 Å². The molecule has 0 atom stereocenters. The maximum atomic E-state index is 6.15. The first-order chi connectivity index (χ1) is 10.4. The number of aromatic nitrogens is 3. The molecule has 1 aliphatic rings. The molecule has 2 aromatic heterocycles. The number of hydrogen-bond acceptors (Lipinski definition) is 5. The molecule has 22 heavy (non-hydrogen) atoms. The average molecular weight is 338 g/mol. The van der Waals surface area contributed by atoms with Crippen molar-refractivity contribution in [3.63, 3.8) is 0 Å². The zero-order valence-electron chi connectivity index (χ0n) is 12.3. The Morgan fingerprint density at radius 3 is 2.41 bits per heavy atom. The highest BCUT2D eigenvalue weighted by atomic mass is 35.5. The van der Waals surface area contributed by atoms with Gasteiger partial charge in [-0.1, -0.05) is 23.2 Å². The van der Waals surface area contributed by atoms with Gasteiger partial charge in [-0.3, -0.25) is 4.98 Å². The number of nitrogens with zero attached hydrogens (tertiary/aromatic N) is 4. The van der Waals surface area contributed by atoms with E-state index in [0.29, 0.717) is 5.02 Å². The first-order valence-electron chi connectivity index (χ1n) is 7.12. The molecule has 0 spiro atoms. The number of halogens is 2. The smallest absolute Gasteiger partial charge is 0.147 e. The Morgan fingerprint density at radius 1 is 1.09 bits per heavy atom. The molecule has 3 heterocycles. The monoisotopic (exact) mass is 337 g/mol. The van der Waals surface area contributed by atoms with Crippen LogP contribution in [0, 0.1) is 0 Å². The molecular weight excluding hydrogens is 321 g/mol. The third kappa shape index (κ3) is 3.32. The fourth-order valence-electron chi connectivity index (χ4n) is 2.44. The third-order valence-corrected chi connectivity index (χ3v) is 4.65. The second kappa shape index (κ2) is 5.99. The van der Waals surface area contributed by atoms with Crippen LogP contribution in [0.1, 0.15) is 19.8 Å². The standard InChI is InChI=1S/C15H17Cl2N5/c1-15(18)2-4-22(5-3-15)13-9-19-12(8-20-13)10-6-11(16)14(17)21-7-10/h6-9H,2-5,18H2,1H3. The summed E-state index contributed by atoms with van der Waals surface area (Å²) in [6.07, 6.45) is 7.04. The fourth-order valence-corrected chi connectivity index (χ4v) is 2.71. The quantitative estimate of drug-likeness (QED) is 0.852. The number of anilines is 1. The van der Waals surface area contributed by atoms with Gasteiger partial charge in [-0.25, -0.2) is 9.97 Å². The van der Waals surface area contributed by atoms with Gasteiger partial charge in [0.15, 0.2) is 0 Å². The molecule has 2 N–H and O–H groups in total. The van der Waals surface area contributed by atoms with E-state index in [1.54, 1.807) is 24.7 Å². The molecule has 0 unspecified atom stereocenters. The van der Waals surface area contributed by atoms with Crippen LogP contribution in [-0.4, -0.2) is 33.6 Å². The van der Waals surface area contributed by atoms with E-state index in [-0.39, 0.29) is 10.7 Å². The van der Waals surface area contributed by atoms with Crippen molar-refractivity contribution in [2.75, 3.05) is 18.0 Å². The van der Waals surface area contributed by atoms with Crippen LogP contribution in [-0.2, 0) is 0 Å². The van der Waals surface area contributed by atoms with Crippen LogP contribution < -0.4 is 10.6 Å². The molecule has 0 aromatic carbocycles. The molecule has 7 heteroatoms. The SMILES string of the molecule is CC1(N)CCN(c2cnc(-c3cnc(Cl)c(Cl)c3)cn2)CC1. The van der Waals surface area contributed by atoms with Crippen molar-refractivity contribution in [2.45, 2.75) is 25.3 Å². The molecular formula is C15H17Cl2N5. The largest absolute Gasteiger partial charge is 0.355 e. The predicted octanol–water partition coefficient (Wildman–Crippen LogP) is 3.16. The summed E-state index contributed by atoms with van der Waals surface area (Å²) in [5.41, 5.74) is 7.59. The third-order valence-electron chi connectivity index (χ3n) is 3.96. The van der Waals surface area contributed by atoms with Crippen molar-refractivity contribution in [1.29, 1.82) is 0 Å². The van der Waals surface area contributed by atoms with Gasteiger partial charge in [0, 0.05) is 30.4 Å². The number of nitrogens with two attached hydrogens (primary N) is 1. The van der Waals surface area contributed by atoms with Gasteiger partial charge in [-0.15, -0.1) is 0 Å². The summed E-state index contributed by atoms with van der Waals surface area (Å²) < 4.78 is 0. The lowest BCUT2D eigenvalue weighted by molar-refractivity contribution is 0.363. The highest BCUT2D eigenvalue weighted by Gasteiger charge is 2.26. The second-order valence-corrected chi connectivity index (χ2v) is 6.66. The van der Waals surface area contributed by atoms with E-state index < -0.39 is 0 Å². The van der Waals surface area contributed by atoms with Crippen LogP contribution in [0.15, 0.2) is 24.7 Å². The normalized spacial score (nSPS) is 17.5. The maximum Gasteiger partial charge on any atom is 0.147 e. The van der Waals surface area contributed by atoms with Gasteiger partial charge in [0.25, 0.3) is 0 Å². The molecule has 1 fully saturated rings. The molecule has 5 nitrogen and oxygen atoms in total. The zero-order valence-corrected chi connectivity index (χ0v) is 13.8. The van der Waals surface area contributed by atoms with Gasteiger partial charge in [0.05, 0.1) is 23.1 Å². The van der Waals surface area contributed by atoms with Gasteiger partial charge >= 0.3 is 0 Å². The van der Waals surface area contributed by atoms with Gasteiger partial charge in [0.1, 0.15) is 11.0 Å². The maximum absolute atomic E-state index is 6.15. The minimum atomic E-state index is -0.0738. The van der Waals surface area contributed by atoms with Crippen LogP contribution in [0.2, 0.25) is 10.2 Å². The summed E-state index contributed by atoms with van der Waals surface area (Å²) in [5, 5.41) is 0.691. The van der Waals surface area contributed by atoms with Crippen LogP contribution in [0.3, 0.4) is 0 Å². The van der Waals surface area contributed by atoms with Crippen molar-refractivity contribution >= 4 is 29.0 Å². The second-order valence-electron chi connectivity index (χ2n) is 5.90. The lowest BCUT2D eigenvalue weighted by Crippen LogP contribution is -2.48. The number of hydrogen-bond donors (Lipinski definition) is 1. The molecule has 0 radical (unpaired) electrons. The lowest BCUT2D eigenvalue weighted by atomic mass is 9.91. The highest BCUT2D eigenvalue weighted by Crippen LogP contribution is 2.26. The van der Waals surface area contributed by atoms with Crippen molar-refractivity contribution in [3.05, 3.63) is 34.8 Å². The molecule has 1 saturated heterocycles. The molecule has 3 rings (SSSR count). The van der Waals surface area contributed by atoms with Gasteiger partial charge in [-0.05, 0) is 25.8 Å². The van der Waals surface area contributed by atoms with Crippen molar-refractivity contribution in [1.82, 2.24) is 15.0 Å².